The fraction of sp³-hybridized carbons (Fsp3) is 0.429. The van der Waals surface area contributed by atoms with Crippen LogP contribution in [0.2, 0.25) is 5.02 Å². The number of anilines is 2. The van der Waals surface area contributed by atoms with Gasteiger partial charge >= 0.3 is 12.2 Å². The molecule has 2 aliphatic heterocycles. The van der Waals surface area contributed by atoms with Crippen molar-refractivity contribution in [2.24, 2.45) is 0 Å². The van der Waals surface area contributed by atoms with Crippen LogP contribution in [0, 0.1) is 5.82 Å². The number of amides is 2. The number of carbonyl (C=O) groups excluding carboxylic acids is 1. The van der Waals surface area contributed by atoms with Gasteiger partial charge in [-0.1, -0.05) is 35.9 Å². The van der Waals surface area contributed by atoms with Crippen molar-refractivity contribution in [1.29, 1.82) is 0 Å². The third-order valence-corrected chi connectivity index (χ3v) is 8.30. The van der Waals surface area contributed by atoms with Crippen molar-refractivity contribution in [3.05, 3.63) is 76.2 Å². The summed E-state index contributed by atoms with van der Waals surface area (Å²) in [5.41, 5.74) is 0.435. The van der Waals surface area contributed by atoms with E-state index in [0.29, 0.717) is 42.5 Å². The lowest BCUT2D eigenvalue weighted by Gasteiger charge is -2.46. The van der Waals surface area contributed by atoms with Crippen LogP contribution in [0.25, 0.3) is 0 Å². The third-order valence-electron chi connectivity index (χ3n) is 8.00. The first-order valence-corrected chi connectivity index (χ1v) is 13.5. The standard InChI is InChI=1S/C28H28ClF4N5O/c1-17-21-16-37(19-9-10-19)34-26(21)36(15-18-5-2-3-6-22(18)28(31,32)33)27(39)38(17)20-11-13-35(14-12-20)25-23(29)7-4-8-24(25)30/h2-8,16-17,19-20H,9-15H2,1H3. The Hall–Kier alpha value is -3.27. The minimum Gasteiger partial charge on any atom is -0.368 e. The summed E-state index contributed by atoms with van der Waals surface area (Å²) in [7, 11) is 0. The lowest BCUT2D eigenvalue weighted by molar-refractivity contribution is -0.138. The van der Waals surface area contributed by atoms with Crippen LogP contribution in [0.3, 0.4) is 0 Å². The Morgan fingerprint density at radius 2 is 1.72 bits per heavy atom. The van der Waals surface area contributed by atoms with Crippen LogP contribution in [-0.2, 0) is 12.7 Å². The molecule has 2 fully saturated rings. The van der Waals surface area contributed by atoms with E-state index in [1.165, 1.54) is 23.1 Å². The first-order valence-electron chi connectivity index (χ1n) is 13.2. The van der Waals surface area contributed by atoms with Crippen molar-refractivity contribution in [2.75, 3.05) is 22.9 Å². The third kappa shape index (κ3) is 4.73. The number of alkyl halides is 3. The topological polar surface area (TPSA) is 44.6 Å². The molecule has 1 aliphatic carbocycles. The Balaban J connectivity index is 1.31. The molecule has 0 radical (unpaired) electrons. The molecule has 6 rings (SSSR count). The number of hydrogen-bond acceptors (Lipinski definition) is 3. The first kappa shape index (κ1) is 26.0. The minimum atomic E-state index is -4.54. The van der Waals surface area contributed by atoms with E-state index in [1.54, 1.807) is 23.1 Å². The molecule has 2 aromatic carbocycles. The number of benzene rings is 2. The molecule has 2 amide bonds. The van der Waals surface area contributed by atoms with E-state index in [2.05, 4.69) is 5.10 Å². The fourth-order valence-electron chi connectivity index (χ4n) is 5.85. The van der Waals surface area contributed by atoms with Gasteiger partial charge in [-0.2, -0.15) is 18.3 Å². The Morgan fingerprint density at radius 3 is 2.38 bits per heavy atom. The number of halogens is 5. The lowest BCUT2D eigenvalue weighted by Crippen LogP contribution is -2.55. The highest BCUT2D eigenvalue weighted by atomic mass is 35.5. The van der Waals surface area contributed by atoms with Crippen LogP contribution >= 0.6 is 11.6 Å². The molecule has 0 spiro atoms. The summed E-state index contributed by atoms with van der Waals surface area (Å²) in [6.07, 6.45) is 0.508. The molecule has 11 heteroatoms. The van der Waals surface area contributed by atoms with Crippen LogP contribution < -0.4 is 9.80 Å². The number of aromatic nitrogens is 2. The van der Waals surface area contributed by atoms with Crippen molar-refractivity contribution in [1.82, 2.24) is 14.7 Å². The number of carbonyl (C=O) groups is 1. The molecule has 39 heavy (non-hydrogen) atoms. The molecule has 1 saturated carbocycles. The smallest absolute Gasteiger partial charge is 0.368 e. The molecule has 3 aliphatic rings. The van der Waals surface area contributed by atoms with Crippen molar-refractivity contribution in [3.8, 4) is 0 Å². The molecule has 6 nitrogen and oxygen atoms in total. The summed E-state index contributed by atoms with van der Waals surface area (Å²) in [4.78, 5) is 19.1. The van der Waals surface area contributed by atoms with E-state index >= 15 is 0 Å². The van der Waals surface area contributed by atoms with Gasteiger partial charge in [-0.25, -0.2) is 9.18 Å². The molecular weight excluding hydrogens is 534 g/mol. The van der Waals surface area contributed by atoms with Crippen molar-refractivity contribution >= 4 is 29.1 Å². The molecule has 0 bridgehead atoms. The zero-order chi connectivity index (χ0) is 27.5. The number of hydrogen-bond donors (Lipinski definition) is 0. The number of para-hydroxylation sites is 1. The van der Waals surface area contributed by atoms with E-state index in [9.17, 15) is 22.4 Å². The zero-order valence-corrected chi connectivity index (χ0v) is 22.1. The van der Waals surface area contributed by atoms with Gasteiger partial charge in [0.05, 0.1) is 34.9 Å². The maximum absolute atomic E-state index is 14.5. The maximum Gasteiger partial charge on any atom is 0.416 e. The van der Waals surface area contributed by atoms with Gasteiger partial charge in [-0.15, -0.1) is 0 Å². The Kier molecular flexibility index (Phi) is 6.48. The molecule has 1 saturated heterocycles. The summed E-state index contributed by atoms with van der Waals surface area (Å²) in [5, 5.41) is 5.02. The maximum atomic E-state index is 14.5. The van der Waals surface area contributed by atoms with Crippen LogP contribution in [0.1, 0.15) is 61.4 Å². The van der Waals surface area contributed by atoms with Gasteiger partial charge in [-0.05, 0) is 56.4 Å². The van der Waals surface area contributed by atoms with E-state index in [-0.39, 0.29) is 36.3 Å². The molecule has 3 heterocycles. The highest BCUT2D eigenvalue weighted by Gasteiger charge is 2.44. The number of fused-ring (bicyclic) bond motifs is 1. The predicted octanol–water partition coefficient (Wildman–Crippen LogP) is 7.20. The SMILES string of the molecule is CC1c2cn(C3CC3)nc2N(Cc2ccccc2C(F)(F)F)C(=O)N1C1CCN(c2c(F)cccc2Cl)CC1. The second-order valence-corrected chi connectivity index (χ2v) is 10.9. The number of urea groups is 1. The largest absolute Gasteiger partial charge is 0.416 e. The van der Waals surface area contributed by atoms with Crippen LogP contribution in [0.4, 0.5) is 33.9 Å². The molecule has 0 N–H and O–H groups in total. The predicted molar refractivity (Wildman–Crippen MR) is 140 cm³/mol. The normalized spacial score (nSPS) is 20.5. The summed E-state index contributed by atoms with van der Waals surface area (Å²) in [5.74, 6) is 0.0261. The summed E-state index contributed by atoms with van der Waals surface area (Å²) >= 11 is 6.28. The van der Waals surface area contributed by atoms with E-state index in [4.69, 9.17) is 11.6 Å². The molecule has 1 aromatic heterocycles. The van der Waals surface area contributed by atoms with Gasteiger partial charge in [0.25, 0.3) is 0 Å². The molecule has 1 unspecified atom stereocenters. The zero-order valence-electron chi connectivity index (χ0n) is 21.3. The van der Waals surface area contributed by atoms with Gasteiger partial charge in [0.15, 0.2) is 5.82 Å². The second kappa shape index (κ2) is 9.73. The van der Waals surface area contributed by atoms with E-state index in [0.717, 1.165) is 24.5 Å². The average molecular weight is 562 g/mol. The Bertz CT molecular complexity index is 1380. The van der Waals surface area contributed by atoms with Crippen LogP contribution in [-0.4, -0.2) is 39.8 Å². The number of rotatable bonds is 5. The second-order valence-electron chi connectivity index (χ2n) is 10.5. The molecule has 1 atom stereocenters. The molecular formula is C28H28ClF4N5O. The van der Waals surface area contributed by atoms with Crippen LogP contribution in [0.15, 0.2) is 48.7 Å². The monoisotopic (exact) mass is 561 g/mol. The van der Waals surface area contributed by atoms with Crippen molar-refractivity contribution in [2.45, 2.75) is 63.5 Å². The first-order chi connectivity index (χ1) is 18.6. The van der Waals surface area contributed by atoms with Gasteiger partial charge in [0.2, 0.25) is 0 Å². The average Bonchev–Trinajstić information content (AvgIpc) is 3.65. The van der Waals surface area contributed by atoms with Crippen molar-refractivity contribution < 1.29 is 22.4 Å². The van der Waals surface area contributed by atoms with Gasteiger partial charge in [-0.3, -0.25) is 9.58 Å². The van der Waals surface area contributed by atoms with Gasteiger partial charge in [0.1, 0.15) is 5.82 Å². The highest BCUT2D eigenvalue weighted by molar-refractivity contribution is 6.33. The van der Waals surface area contributed by atoms with Crippen LogP contribution in [0.5, 0.6) is 0 Å². The molecule has 206 valence electrons. The minimum absolute atomic E-state index is 0.0174. The number of piperidine rings is 1. The van der Waals surface area contributed by atoms with Gasteiger partial charge < -0.3 is 9.80 Å². The molecule has 3 aromatic rings. The fourth-order valence-corrected chi connectivity index (χ4v) is 6.13. The summed E-state index contributed by atoms with van der Waals surface area (Å²) < 4.78 is 57.8. The number of nitrogens with zero attached hydrogens (tertiary/aromatic N) is 5. The van der Waals surface area contributed by atoms with Crippen molar-refractivity contribution in [3.63, 3.8) is 0 Å². The Morgan fingerprint density at radius 1 is 1.00 bits per heavy atom. The van der Waals surface area contributed by atoms with E-state index in [1.807, 2.05) is 22.7 Å². The summed E-state index contributed by atoms with van der Waals surface area (Å²) in [6, 6.07) is 9.34. The lowest BCUT2D eigenvalue weighted by atomic mass is 9.97. The highest BCUT2D eigenvalue weighted by Crippen LogP contribution is 2.44. The quantitative estimate of drug-likeness (QED) is 0.309. The van der Waals surface area contributed by atoms with Gasteiger partial charge in [0, 0.05) is 30.9 Å². The Labute approximate surface area is 228 Å². The summed E-state index contributed by atoms with van der Waals surface area (Å²) in [6.45, 7) is 2.69. The van der Waals surface area contributed by atoms with E-state index < -0.39 is 17.6 Å².